The molecule has 46 heavy (non-hydrogen) atoms. The first-order valence-corrected chi connectivity index (χ1v) is 15.9. The number of carbonyl (C=O) groups is 1. The van der Waals surface area contributed by atoms with Crippen molar-refractivity contribution in [2.45, 2.75) is 53.1 Å². The predicted molar refractivity (Wildman–Crippen MR) is 179 cm³/mol. The average Bonchev–Trinajstić information content (AvgIpc) is 3.68. The van der Waals surface area contributed by atoms with Crippen LogP contribution in [0.5, 0.6) is 0 Å². The number of hydrogen-bond acceptors (Lipinski definition) is 9. The predicted octanol–water partition coefficient (Wildman–Crippen LogP) is 5.61. The minimum Gasteiger partial charge on any atom is -0.380 e. The van der Waals surface area contributed by atoms with E-state index in [9.17, 15) is 4.79 Å². The van der Waals surface area contributed by atoms with Crippen molar-refractivity contribution in [1.29, 1.82) is 0 Å². The highest BCUT2D eigenvalue weighted by Gasteiger charge is 2.20. The van der Waals surface area contributed by atoms with Gasteiger partial charge in [0.2, 0.25) is 5.91 Å². The minimum atomic E-state index is 0.0575. The first-order chi connectivity index (χ1) is 22.4. The van der Waals surface area contributed by atoms with Crippen LogP contribution in [-0.4, -0.2) is 76.4 Å². The van der Waals surface area contributed by atoms with Crippen LogP contribution in [0, 0.1) is 13.8 Å². The Morgan fingerprint density at radius 2 is 1.74 bits per heavy atom. The summed E-state index contributed by atoms with van der Waals surface area (Å²) in [5, 5.41) is 12.5. The molecule has 0 unspecified atom stereocenters. The van der Waals surface area contributed by atoms with Crippen LogP contribution >= 0.6 is 0 Å². The lowest BCUT2D eigenvalue weighted by atomic mass is 10.0. The van der Waals surface area contributed by atoms with Crippen molar-refractivity contribution < 1.29 is 18.8 Å². The smallest absolute Gasteiger partial charge is 0.220 e. The van der Waals surface area contributed by atoms with E-state index in [1.807, 2.05) is 81.0 Å². The SMILES string of the molecule is Cc1noc(C)c1-c1ccc2nc(-c3cnn(CCOCCCC(=O)NC(C)C)c3)nc(N3CCOCC3)c2c1.c1ccccc1. The highest BCUT2D eigenvalue weighted by Crippen LogP contribution is 2.34. The van der Waals surface area contributed by atoms with Crippen LogP contribution in [-0.2, 0) is 20.8 Å². The Balaban J connectivity index is 0.000000624. The molecule has 4 heterocycles. The number of hydrogen-bond donors (Lipinski definition) is 1. The van der Waals surface area contributed by atoms with Crippen LogP contribution in [0.2, 0.25) is 0 Å². The molecule has 1 fully saturated rings. The van der Waals surface area contributed by atoms with Gasteiger partial charge in [-0.3, -0.25) is 9.48 Å². The second-order valence-corrected chi connectivity index (χ2v) is 11.5. The fourth-order valence-electron chi connectivity index (χ4n) is 5.28. The maximum atomic E-state index is 11.7. The fraction of sp³-hybridized carbons (Fsp3) is 0.400. The van der Waals surface area contributed by atoms with Crippen LogP contribution < -0.4 is 10.2 Å². The van der Waals surface area contributed by atoms with E-state index in [2.05, 4.69) is 32.6 Å². The monoisotopic (exact) mass is 625 g/mol. The van der Waals surface area contributed by atoms with Crippen LogP contribution in [0.4, 0.5) is 5.82 Å². The van der Waals surface area contributed by atoms with E-state index in [4.69, 9.17) is 24.0 Å². The summed E-state index contributed by atoms with van der Waals surface area (Å²) in [6.07, 6.45) is 4.89. The molecule has 6 rings (SSSR count). The summed E-state index contributed by atoms with van der Waals surface area (Å²) >= 11 is 0. The van der Waals surface area contributed by atoms with Gasteiger partial charge in [0.05, 0.1) is 49.3 Å². The van der Waals surface area contributed by atoms with Gasteiger partial charge < -0.3 is 24.2 Å². The first kappa shape index (κ1) is 32.8. The van der Waals surface area contributed by atoms with Gasteiger partial charge in [0, 0.05) is 49.3 Å². The maximum Gasteiger partial charge on any atom is 0.220 e. The fourth-order valence-corrected chi connectivity index (χ4v) is 5.28. The molecule has 0 aliphatic carbocycles. The number of aromatic nitrogens is 5. The van der Waals surface area contributed by atoms with E-state index in [1.54, 1.807) is 6.20 Å². The Hall–Kier alpha value is -4.61. The molecule has 0 bridgehead atoms. The second-order valence-electron chi connectivity index (χ2n) is 11.5. The summed E-state index contributed by atoms with van der Waals surface area (Å²) < 4.78 is 18.6. The summed E-state index contributed by atoms with van der Waals surface area (Å²) in [6, 6.07) is 18.4. The number of benzene rings is 2. The number of carbonyl (C=O) groups excluding carboxylic acids is 1. The zero-order valence-electron chi connectivity index (χ0n) is 27.1. The molecule has 11 heteroatoms. The number of fused-ring (bicyclic) bond motifs is 1. The third-order valence-electron chi connectivity index (χ3n) is 7.47. The van der Waals surface area contributed by atoms with Crippen molar-refractivity contribution in [2.24, 2.45) is 0 Å². The molecular formula is C35H43N7O4. The molecule has 1 aliphatic heterocycles. The lowest BCUT2D eigenvalue weighted by Gasteiger charge is -2.29. The molecule has 0 radical (unpaired) electrons. The van der Waals surface area contributed by atoms with Gasteiger partial charge in [0.15, 0.2) is 5.82 Å². The van der Waals surface area contributed by atoms with E-state index >= 15 is 0 Å². The van der Waals surface area contributed by atoms with E-state index in [0.717, 1.165) is 58.0 Å². The average molecular weight is 626 g/mol. The number of rotatable bonds is 11. The van der Waals surface area contributed by atoms with Gasteiger partial charge in [-0.15, -0.1) is 0 Å². The van der Waals surface area contributed by atoms with E-state index < -0.39 is 0 Å². The van der Waals surface area contributed by atoms with Gasteiger partial charge in [0.1, 0.15) is 11.6 Å². The molecule has 1 amide bonds. The van der Waals surface area contributed by atoms with Gasteiger partial charge >= 0.3 is 0 Å². The largest absolute Gasteiger partial charge is 0.380 e. The molecule has 3 aromatic heterocycles. The number of ether oxygens (including phenoxy) is 2. The van der Waals surface area contributed by atoms with Crippen molar-refractivity contribution in [1.82, 2.24) is 30.2 Å². The second kappa shape index (κ2) is 16.1. The molecule has 0 spiro atoms. The normalized spacial score (nSPS) is 13.1. The molecule has 5 aromatic rings. The van der Waals surface area contributed by atoms with Crippen LogP contribution in [0.1, 0.15) is 38.1 Å². The number of morpholine rings is 1. The highest BCUT2D eigenvalue weighted by atomic mass is 16.5. The minimum absolute atomic E-state index is 0.0575. The molecule has 1 aliphatic rings. The van der Waals surface area contributed by atoms with E-state index in [0.29, 0.717) is 51.6 Å². The topological polar surface area (TPSA) is 120 Å². The number of aryl methyl sites for hydroxylation is 2. The van der Waals surface area contributed by atoms with Crippen molar-refractivity contribution in [2.75, 3.05) is 44.4 Å². The Bertz CT molecular complexity index is 1650. The maximum absolute atomic E-state index is 11.7. The lowest BCUT2D eigenvalue weighted by molar-refractivity contribution is -0.121. The van der Waals surface area contributed by atoms with Gasteiger partial charge in [-0.2, -0.15) is 5.10 Å². The molecular weight excluding hydrogens is 582 g/mol. The van der Waals surface area contributed by atoms with Crippen molar-refractivity contribution in [3.05, 3.63) is 78.4 Å². The Morgan fingerprint density at radius 1 is 1.00 bits per heavy atom. The lowest BCUT2D eigenvalue weighted by Crippen LogP contribution is -2.37. The zero-order valence-corrected chi connectivity index (χ0v) is 27.1. The van der Waals surface area contributed by atoms with Gasteiger partial charge in [-0.05, 0) is 51.8 Å². The summed E-state index contributed by atoms with van der Waals surface area (Å²) in [5.41, 5.74) is 4.59. The van der Waals surface area contributed by atoms with Crippen LogP contribution in [0.3, 0.4) is 0 Å². The van der Waals surface area contributed by atoms with Crippen LogP contribution in [0.25, 0.3) is 33.4 Å². The van der Waals surface area contributed by atoms with Gasteiger partial charge in [-0.1, -0.05) is 47.6 Å². The quantitative estimate of drug-likeness (QED) is 0.187. The van der Waals surface area contributed by atoms with Crippen molar-refractivity contribution in [3.63, 3.8) is 0 Å². The molecule has 2 aromatic carbocycles. The van der Waals surface area contributed by atoms with Crippen LogP contribution in [0.15, 0.2) is 71.5 Å². The first-order valence-electron chi connectivity index (χ1n) is 15.9. The molecule has 0 saturated carbocycles. The number of nitrogens with zero attached hydrogens (tertiary/aromatic N) is 6. The molecule has 1 N–H and O–H groups in total. The highest BCUT2D eigenvalue weighted by molar-refractivity contribution is 5.94. The summed E-state index contributed by atoms with van der Waals surface area (Å²) in [7, 11) is 0. The summed E-state index contributed by atoms with van der Waals surface area (Å²) in [6.45, 7) is 12.3. The van der Waals surface area contributed by atoms with Gasteiger partial charge in [-0.25, -0.2) is 9.97 Å². The van der Waals surface area contributed by atoms with Gasteiger partial charge in [0.25, 0.3) is 0 Å². The Labute approximate surface area is 269 Å². The number of anilines is 1. The van der Waals surface area contributed by atoms with E-state index in [1.165, 1.54) is 0 Å². The number of amides is 1. The zero-order chi connectivity index (χ0) is 32.3. The molecule has 11 nitrogen and oxygen atoms in total. The number of nitrogens with one attached hydrogen (secondary N) is 1. The third kappa shape index (κ3) is 8.76. The molecule has 0 atom stereocenters. The van der Waals surface area contributed by atoms with Crippen molar-refractivity contribution >= 4 is 22.6 Å². The summed E-state index contributed by atoms with van der Waals surface area (Å²) in [5.74, 6) is 2.36. The Morgan fingerprint density at radius 3 is 2.41 bits per heavy atom. The van der Waals surface area contributed by atoms with Crippen molar-refractivity contribution in [3.8, 4) is 22.5 Å². The third-order valence-corrected chi connectivity index (χ3v) is 7.47. The Kier molecular flexibility index (Phi) is 11.5. The molecule has 242 valence electrons. The van der Waals surface area contributed by atoms with E-state index in [-0.39, 0.29) is 11.9 Å². The standard InChI is InChI=1S/C29H37N7O4.C6H6/c1-19(2)31-26(37)6-5-12-38-15-11-36-18-23(17-30-36)28-32-25-8-7-22(27-20(3)34-40-21(27)4)16-24(25)29(33-28)35-9-13-39-14-10-35;1-2-4-6-5-3-1/h7-8,16-19H,5-6,9-15H2,1-4H3,(H,31,37);1-6H. The molecule has 1 saturated heterocycles. The summed E-state index contributed by atoms with van der Waals surface area (Å²) in [4.78, 5) is 23.9.